The Morgan fingerprint density at radius 1 is 0.882 bits per heavy atom. The van der Waals surface area contributed by atoms with Crippen molar-refractivity contribution < 1.29 is 30.5 Å². The third kappa shape index (κ3) is 7.99. The van der Waals surface area contributed by atoms with E-state index >= 15 is 0 Å². The summed E-state index contributed by atoms with van der Waals surface area (Å²) in [5.41, 5.74) is 5.95. The summed E-state index contributed by atoms with van der Waals surface area (Å²) in [6.45, 7) is 7.70. The molecule has 1 aliphatic heterocycles. The van der Waals surface area contributed by atoms with E-state index in [4.69, 9.17) is 0 Å². The van der Waals surface area contributed by atoms with Crippen LogP contribution in [0.25, 0.3) is 37.4 Å². The van der Waals surface area contributed by atoms with Crippen LogP contribution in [0.1, 0.15) is 51.0 Å². The molecule has 7 rings (SSSR count). The number of allylic oxidation sites excluding steroid dienone is 4. The van der Waals surface area contributed by atoms with Gasteiger partial charge in [-0.2, -0.15) is 0 Å². The molecule has 0 radical (unpaired) electrons. The number of benzene rings is 4. The number of fused-ring (bicyclic) bond motifs is 6. The fraction of sp³-hybridized carbons (Fsp3) is 0.308. The fourth-order valence-corrected chi connectivity index (χ4v) is 13.3. The van der Waals surface area contributed by atoms with Crippen molar-refractivity contribution in [3.05, 3.63) is 105 Å². The summed E-state index contributed by atoms with van der Waals surface area (Å²) in [4.78, 5) is 2.27. The maximum atomic E-state index is 11.7. The molecule has 0 atom stereocenters. The first-order valence-corrected chi connectivity index (χ1v) is 23.6. The molecule has 5 aromatic rings. The molecule has 266 valence electrons. The predicted octanol–water partition coefficient (Wildman–Crippen LogP) is 5.91. The normalized spacial score (nSPS) is 18.2. The maximum absolute atomic E-state index is 11.7. The second-order valence-electron chi connectivity index (χ2n) is 14.2. The van der Waals surface area contributed by atoms with Crippen molar-refractivity contribution in [2.24, 2.45) is 5.41 Å². The van der Waals surface area contributed by atoms with Crippen LogP contribution in [-0.4, -0.2) is 73.5 Å². The van der Waals surface area contributed by atoms with Gasteiger partial charge in [-0.1, -0.05) is 0 Å². The van der Waals surface area contributed by atoms with Gasteiger partial charge < -0.3 is 0 Å². The Kier molecular flexibility index (Phi) is 10.0. The number of nitrogens with zero attached hydrogens (tertiary/aromatic N) is 2. The van der Waals surface area contributed by atoms with E-state index in [-0.39, 0.29) is 47.0 Å². The van der Waals surface area contributed by atoms with Crippen molar-refractivity contribution in [3.63, 3.8) is 0 Å². The molecule has 1 aromatic heterocycles. The van der Waals surface area contributed by atoms with E-state index in [1.807, 2.05) is 24.3 Å². The van der Waals surface area contributed by atoms with Gasteiger partial charge in [0.25, 0.3) is 0 Å². The van der Waals surface area contributed by atoms with Gasteiger partial charge in [0.05, 0.1) is 0 Å². The van der Waals surface area contributed by atoms with E-state index in [0.717, 1.165) is 50.2 Å². The van der Waals surface area contributed by atoms with E-state index < -0.39 is 26.0 Å². The average molecular weight is 855 g/mol. The van der Waals surface area contributed by atoms with Crippen LogP contribution in [0.3, 0.4) is 0 Å². The molecule has 12 heteroatoms. The predicted molar refractivity (Wildman–Crippen MR) is 207 cm³/mol. The molecular weight excluding hydrogens is 814 g/mol. The Morgan fingerprint density at radius 2 is 1.57 bits per heavy atom. The van der Waals surface area contributed by atoms with E-state index in [0.29, 0.717) is 19.5 Å². The Labute approximate surface area is 312 Å². The summed E-state index contributed by atoms with van der Waals surface area (Å²) in [5, 5.41) is 4.52. The van der Waals surface area contributed by atoms with Crippen molar-refractivity contribution in [1.29, 1.82) is 0 Å². The molecule has 51 heavy (non-hydrogen) atoms. The van der Waals surface area contributed by atoms with E-state index in [1.54, 1.807) is 0 Å². The number of aromatic nitrogens is 1. The summed E-state index contributed by atoms with van der Waals surface area (Å²) in [6, 6.07) is 25.2. The zero-order chi connectivity index (χ0) is 36.1. The molecule has 0 amide bonds. The number of rotatable bonds is 10. The van der Waals surface area contributed by atoms with Crippen LogP contribution in [0.4, 0.5) is 5.69 Å². The minimum atomic E-state index is -4.33. The quantitative estimate of drug-likeness (QED) is 0.105. The van der Waals surface area contributed by atoms with Gasteiger partial charge in [0.1, 0.15) is 0 Å². The van der Waals surface area contributed by atoms with Gasteiger partial charge in [0, 0.05) is 0 Å². The third-order valence-electron chi connectivity index (χ3n) is 9.68. The monoisotopic (exact) mass is 856 g/mol. The minimum absolute atomic E-state index is 0.000908. The summed E-state index contributed by atoms with van der Waals surface area (Å²) >= 11 is -0.00871. The SMILES string of the molecule is CC1=C(C=C2[Se]c3ccc4ccccc4c3N2CCCS(=O)(=O)O)CC(C)(C)CC1=Cc1[se]c2ccc3ccccc3c2[n+]1CCCS(=O)(=O)[O-]. The molecule has 0 saturated heterocycles. The van der Waals surface area contributed by atoms with Crippen LogP contribution >= 0.6 is 0 Å². The Morgan fingerprint density at radius 3 is 2.29 bits per heavy atom. The standard InChI is InChI=1S/C39H40N2O6S2Se2/c1-26-29(22-35-40(18-8-20-48(42,43)44)37-31-12-6-4-10-27(31)14-16-33(37)50-35)24-39(2,3)25-30(26)23-36-41(19-9-21-49(45,46)47)38-32-13-7-5-11-28(32)15-17-34(38)51-36/h4-7,10-17,22-23H,8-9,18-21,24-25H2,1-3H3,(H-,42,43,44,45,46,47). The Hall–Kier alpha value is -3.05. The third-order valence-corrected chi connectivity index (χ3v) is 15.9. The first-order chi connectivity index (χ1) is 24.2. The second kappa shape index (κ2) is 14.1. The van der Waals surface area contributed by atoms with Crippen LogP contribution < -0.4 is 13.9 Å². The van der Waals surface area contributed by atoms with Gasteiger partial charge in [-0.25, -0.2) is 0 Å². The average Bonchev–Trinajstić information content (AvgIpc) is 3.59. The van der Waals surface area contributed by atoms with E-state index in [2.05, 4.69) is 90.9 Å². The molecule has 1 N–H and O–H groups in total. The molecule has 0 unspecified atom stereocenters. The van der Waals surface area contributed by atoms with Crippen molar-refractivity contribution in [2.75, 3.05) is 23.0 Å². The number of hydrogen-bond acceptors (Lipinski definition) is 6. The number of aryl methyl sites for hydroxylation is 1. The van der Waals surface area contributed by atoms with Gasteiger partial charge in [0.2, 0.25) is 0 Å². The summed E-state index contributed by atoms with van der Waals surface area (Å²) in [7, 11) is -8.41. The first kappa shape index (κ1) is 36.3. The van der Waals surface area contributed by atoms with Crippen LogP contribution in [0.15, 0.2) is 100 Å². The zero-order valence-electron chi connectivity index (χ0n) is 28.8. The Balaban J connectivity index is 1.33. The first-order valence-electron chi connectivity index (χ1n) is 17.0. The van der Waals surface area contributed by atoms with Crippen LogP contribution in [-0.2, 0) is 26.8 Å². The number of hydrogen-bond donors (Lipinski definition) is 1. The van der Waals surface area contributed by atoms with Gasteiger partial charge in [-0.15, -0.1) is 0 Å². The molecular formula is C39H40N2O6S2Se2. The molecule has 0 saturated carbocycles. The molecule has 8 nitrogen and oxygen atoms in total. The van der Waals surface area contributed by atoms with Crippen LogP contribution in [0.2, 0.25) is 0 Å². The van der Waals surface area contributed by atoms with Gasteiger partial charge in [-0.05, 0) is 0 Å². The summed E-state index contributed by atoms with van der Waals surface area (Å²) in [5.74, 6) is -0.689. The number of anilines is 1. The van der Waals surface area contributed by atoms with Crippen molar-refractivity contribution in [3.8, 4) is 0 Å². The van der Waals surface area contributed by atoms with Gasteiger partial charge in [-0.3, -0.25) is 0 Å². The molecule has 4 aromatic carbocycles. The summed E-state index contributed by atoms with van der Waals surface area (Å²) < 4.78 is 74.7. The topological polar surface area (TPSA) is 119 Å². The van der Waals surface area contributed by atoms with E-state index in [9.17, 15) is 25.9 Å². The fourth-order valence-electron chi connectivity index (χ4n) is 7.39. The van der Waals surface area contributed by atoms with Crippen LogP contribution in [0.5, 0.6) is 0 Å². The molecule has 0 fully saturated rings. The molecule has 2 aliphatic rings. The van der Waals surface area contributed by atoms with E-state index in [1.165, 1.54) is 30.0 Å². The van der Waals surface area contributed by atoms with Gasteiger partial charge in [0.15, 0.2) is 0 Å². The van der Waals surface area contributed by atoms with Gasteiger partial charge >= 0.3 is 314 Å². The Bertz CT molecular complexity index is 2520. The molecule has 0 bridgehead atoms. The zero-order valence-corrected chi connectivity index (χ0v) is 33.8. The second-order valence-corrected chi connectivity index (χ2v) is 21.7. The van der Waals surface area contributed by atoms with Crippen molar-refractivity contribution in [1.82, 2.24) is 0 Å². The van der Waals surface area contributed by atoms with Crippen molar-refractivity contribution in [2.45, 2.75) is 53.0 Å². The molecule has 2 heterocycles. The van der Waals surface area contributed by atoms with Crippen LogP contribution in [0, 0.1) is 5.41 Å². The van der Waals surface area contributed by atoms with Crippen molar-refractivity contribution >= 4 is 97.2 Å². The summed E-state index contributed by atoms with van der Waals surface area (Å²) in [6.07, 6.45) is 6.99. The molecule has 0 spiro atoms. The molecule has 1 aliphatic carbocycles.